The Balaban J connectivity index is 2.36. The zero-order valence-electron chi connectivity index (χ0n) is 10.1. The molecule has 2 rings (SSSR count). The summed E-state index contributed by atoms with van der Waals surface area (Å²) in [6.07, 6.45) is -0.236. The molecule has 1 aliphatic heterocycles. The first-order valence-electron chi connectivity index (χ1n) is 5.90. The Bertz CT molecular complexity index is 403. The van der Waals surface area contributed by atoms with Crippen molar-refractivity contribution >= 4 is 11.6 Å². The van der Waals surface area contributed by atoms with Crippen molar-refractivity contribution in [1.82, 2.24) is 5.32 Å². The van der Waals surface area contributed by atoms with E-state index in [4.69, 9.17) is 16.3 Å². The summed E-state index contributed by atoms with van der Waals surface area (Å²) in [5, 5.41) is 3.37. The maximum atomic E-state index is 14.0. The first-order chi connectivity index (χ1) is 8.09. The van der Waals surface area contributed by atoms with E-state index in [1.165, 1.54) is 0 Å². The van der Waals surface area contributed by atoms with Gasteiger partial charge in [-0.2, -0.15) is 0 Å². The smallest absolute Gasteiger partial charge is 0.147 e. The first kappa shape index (κ1) is 12.8. The van der Waals surface area contributed by atoms with E-state index in [9.17, 15) is 4.39 Å². The Morgan fingerprint density at radius 3 is 2.82 bits per heavy atom. The minimum Gasteiger partial charge on any atom is -0.371 e. The summed E-state index contributed by atoms with van der Waals surface area (Å²) in [5.41, 5.74) is 1.61. The average molecular weight is 258 g/mol. The van der Waals surface area contributed by atoms with Crippen molar-refractivity contribution in [2.45, 2.75) is 25.9 Å². The summed E-state index contributed by atoms with van der Waals surface area (Å²) in [7, 11) is 0. The van der Waals surface area contributed by atoms with Gasteiger partial charge in [0.15, 0.2) is 0 Å². The van der Waals surface area contributed by atoms with Crippen LogP contribution in [0, 0.1) is 5.82 Å². The summed E-state index contributed by atoms with van der Waals surface area (Å²) >= 11 is 5.93. The molecule has 0 saturated carbocycles. The molecule has 0 aliphatic carbocycles. The fraction of sp³-hybridized carbons (Fsp3) is 0.538. The molecule has 1 heterocycles. The van der Waals surface area contributed by atoms with Crippen LogP contribution in [-0.2, 0) is 4.74 Å². The number of nitrogens with one attached hydrogen (secondary N) is 1. The second kappa shape index (κ2) is 5.34. The standard InChI is InChI=1S/C13H17ClFNO/c1-8(2)9-5-10(13(15)11(14)6-9)12-7-16-3-4-17-12/h5-6,8,12,16H,3-4,7H2,1-2H3. The van der Waals surface area contributed by atoms with Crippen LogP contribution in [0.15, 0.2) is 12.1 Å². The van der Waals surface area contributed by atoms with Gasteiger partial charge < -0.3 is 10.1 Å². The Morgan fingerprint density at radius 2 is 2.24 bits per heavy atom. The monoisotopic (exact) mass is 257 g/mol. The molecule has 94 valence electrons. The highest BCUT2D eigenvalue weighted by Gasteiger charge is 2.22. The third-order valence-corrected chi connectivity index (χ3v) is 3.29. The average Bonchev–Trinajstić information content (AvgIpc) is 2.33. The maximum absolute atomic E-state index is 14.0. The third-order valence-electron chi connectivity index (χ3n) is 3.02. The lowest BCUT2D eigenvalue weighted by Crippen LogP contribution is -2.33. The fourth-order valence-corrected chi connectivity index (χ4v) is 2.20. The molecule has 0 radical (unpaired) electrons. The Hall–Kier alpha value is -0.640. The van der Waals surface area contributed by atoms with Gasteiger partial charge in [-0.15, -0.1) is 0 Å². The zero-order chi connectivity index (χ0) is 12.4. The van der Waals surface area contributed by atoms with Crippen molar-refractivity contribution in [3.05, 3.63) is 34.1 Å². The van der Waals surface area contributed by atoms with Crippen molar-refractivity contribution in [2.24, 2.45) is 0 Å². The van der Waals surface area contributed by atoms with Crippen LogP contribution < -0.4 is 5.32 Å². The van der Waals surface area contributed by atoms with Crippen LogP contribution in [-0.4, -0.2) is 19.7 Å². The Morgan fingerprint density at radius 1 is 1.47 bits per heavy atom. The SMILES string of the molecule is CC(C)c1cc(Cl)c(F)c(C2CNCCO2)c1. The van der Waals surface area contributed by atoms with Gasteiger partial charge in [0.1, 0.15) is 5.82 Å². The highest BCUT2D eigenvalue weighted by Crippen LogP contribution is 2.30. The van der Waals surface area contributed by atoms with Gasteiger partial charge in [-0.3, -0.25) is 0 Å². The molecule has 0 amide bonds. The minimum atomic E-state index is -0.357. The molecule has 1 unspecified atom stereocenters. The number of morpholine rings is 1. The van der Waals surface area contributed by atoms with Gasteiger partial charge in [0.25, 0.3) is 0 Å². The molecule has 1 aliphatic rings. The summed E-state index contributed by atoms with van der Waals surface area (Å²) in [4.78, 5) is 0. The van der Waals surface area contributed by atoms with E-state index in [-0.39, 0.29) is 16.9 Å². The molecular weight excluding hydrogens is 241 g/mol. The van der Waals surface area contributed by atoms with Crippen LogP contribution in [0.3, 0.4) is 0 Å². The van der Waals surface area contributed by atoms with Gasteiger partial charge in [0.05, 0.1) is 17.7 Å². The van der Waals surface area contributed by atoms with E-state index < -0.39 is 0 Å². The van der Waals surface area contributed by atoms with Crippen LogP contribution in [0.4, 0.5) is 4.39 Å². The number of hydrogen-bond acceptors (Lipinski definition) is 2. The van der Waals surface area contributed by atoms with E-state index in [1.807, 2.05) is 6.07 Å². The van der Waals surface area contributed by atoms with Gasteiger partial charge in [0.2, 0.25) is 0 Å². The molecule has 17 heavy (non-hydrogen) atoms. The molecule has 1 fully saturated rings. The largest absolute Gasteiger partial charge is 0.371 e. The lowest BCUT2D eigenvalue weighted by molar-refractivity contribution is 0.0255. The van der Waals surface area contributed by atoms with Gasteiger partial charge in [-0.05, 0) is 23.6 Å². The summed E-state index contributed by atoms with van der Waals surface area (Å²) in [6, 6.07) is 3.56. The first-order valence-corrected chi connectivity index (χ1v) is 6.28. The lowest BCUT2D eigenvalue weighted by Gasteiger charge is -2.25. The van der Waals surface area contributed by atoms with Crippen LogP contribution in [0.2, 0.25) is 5.02 Å². The second-order valence-corrected chi connectivity index (χ2v) is 5.03. The quantitative estimate of drug-likeness (QED) is 0.878. The Labute approximate surface area is 106 Å². The number of hydrogen-bond donors (Lipinski definition) is 1. The van der Waals surface area contributed by atoms with Gasteiger partial charge in [-0.25, -0.2) is 4.39 Å². The molecule has 4 heteroatoms. The second-order valence-electron chi connectivity index (χ2n) is 4.62. The van der Waals surface area contributed by atoms with E-state index >= 15 is 0 Å². The number of halogens is 2. The third kappa shape index (κ3) is 2.79. The Kier molecular flexibility index (Phi) is 4.02. The predicted molar refractivity (Wildman–Crippen MR) is 67.1 cm³/mol. The molecule has 1 aromatic rings. The molecule has 1 atom stereocenters. The molecule has 2 nitrogen and oxygen atoms in total. The van der Waals surface area contributed by atoms with Crippen LogP contribution >= 0.6 is 11.6 Å². The van der Waals surface area contributed by atoms with Gasteiger partial charge in [0, 0.05) is 18.7 Å². The molecule has 0 spiro atoms. The van der Waals surface area contributed by atoms with Gasteiger partial charge >= 0.3 is 0 Å². The van der Waals surface area contributed by atoms with Crippen molar-refractivity contribution in [1.29, 1.82) is 0 Å². The van der Waals surface area contributed by atoms with Crippen LogP contribution in [0.25, 0.3) is 0 Å². The van der Waals surface area contributed by atoms with Crippen LogP contribution in [0.1, 0.15) is 37.0 Å². The van der Waals surface area contributed by atoms with Crippen molar-refractivity contribution in [3.8, 4) is 0 Å². The number of rotatable bonds is 2. The molecule has 0 aromatic heterocycles. The molecule has 1 saturated heterocycles. The van der Waals surface area contributed by atoms with E-state index in [0.29, 0.717) is 24.6 Å². The van der Waals surface area contributed by atoms with Crippen molar-refractivity contribution in [2.75, 3.05) is 19.7 Å². The highest BCUT2D eigenvalue weighted by atomic mass is 35.5. The predicted octanol–water partition coefficient (Wildman–Crippen LogP) is 3.26. The molecule has 1 aromatic carbocycles. The normalized spacial score (nSPS) is 20.9. The number of ether oxygens (including phenoxy) is 1. The maximum Gasteiger partial charge on any atom is 0.147 e. The lowest BCUT2D eigenvalue weighted by atomic mass is 9.97. The summed E-state index contributed by atoms with van der Waals surface area (Å²) in [5.74, 6) is -0.0341. The van der Waals surface area contributed by atoms with E-state index in [1.54, 1.807) is 6.07 Å². The number of benzene rings is 1. The summed E-state index contributed by atoms with van der Waals surface area (Å²) in [6.45, 7) is 6.18. The topological polar surface area (TPSA) is 21.3 Å². The van der Waals surface area contributed by atoms with Crippen LogP contribution in [0.5, 0.6) is 0 Å². The minimum absolute atomic E-state index is 0.181. The fourth-order valence-electron chi connectivity index (χ4n) is 1.96. The van der Waals surface area contributed by atoms with Gasteiger partial charge in [-0.1, -0.05) is 25.4 Å². The summed E-state index contributed by atoms with van der Waals surface area (Å²) < 4.78 is 19.6. The zero-order valence-corrected chi connectivity index (χ0v) is 10.9. The molecule has 0 bridgehead atoms. The highest BCUT2D eigenvalue weighted by molar-refractivity contribution is 6.30. The van der Waals surface area contributed by atoms with Crippen molar-refractivity contribution in [3.63, 3.8) is 0 Å². The van der Waals surface area contributed by atoms with E-state index in [2.05, 4.69) is 19.2 Å². The molecular formula is C13H17ClFNO. The molecule has 1 N–H and O–H groups in total. The van der Waals surface area contributed by atoms with E-state index in [0.717, 1.165) is 12.1 Å². The van der Waals surface area contributed by atoms with Crippen molar-refractivity contribution < 1.29 is 9.13 Å².